The second-order valence-electron chi connectivity index (χ2n) is 7.87. The van der Waals surface area contributed by atoms with Gasteiger partial charge in [-0.15, -0.1) is 10.2 Å². The summed E-state index contributed by atoms with van der Waals surface area (Å²) in [7, 11) is 0. The molecular formula is C25H18ClN7. The van der Waals surface area contributed by atoms with Crippen LogP contribution < -0.4 is 0 Å². The van der Waals surface area contributed by atoms with Gasteiger partial charge in [-0.1, -0.05) is 17.7 Å². The molecule has 8 heteroatoms. The lowest BCUT2D eigenvalue weighted by Crippen LogP contribution is -1.99. The number of imidazole rings is 1. The van der Waals surface area contributed by atoms with Gasteiger partial charge in [-0.3, -0.25) is 14.5 Å². The normalized spacial score (nSPS) is 11.5. The number of hydrogen-bond donors (Lipinski definition) is 1. The number of aryl methyl sites for hydroxylation is 2. The van der Waals surface area contributed by atoms with Crippen LogP contribution in [-0.4, -0.2) is 34.7 Å². The SMILES string of the molecule is Cc1cc(-c2cc(-c3nnc[nH]3)c3nc(C)n(-c4ccnc5cccc(Cl)c45)c3c2)ccn1. The molecule has 0 atom stereocenters. The number of aromatic nitrogens is 7. The van der Waals surface area contributed by atoms with E-state index in [1.165, 1.54) is 0 Å². The molecule has 33 heavy (non-hydrogen) atoms. The van der Waals surface area contributed by atoms with Gasteiger partial charge in [0.1, 0.15) is 17.7 Å². The molecule has 2 aromatic carbocycles. The van der Waals surface area contributed by atoms with Gasteiger partial charge in [-0.05, 0) is 67.4 Å². The Balaban J connectivity index is 1.73. The van der Waals surface area contributed by atoms with Crippen LogP contribution in [0.5, 0.6) is 0 Å². The van der Waals surface area contributed by atoms with Gasteiger partial charge in [0.2, 0.25) is 0 Å². The maximum absolute atomic E-state index is 6.64. The van der Waals surface area contributed by atoms with Crippen molar-refractivity contribution in [2.45, 2.75) is 13.8 Å². The minimum atomic E-state index is 0.647. The highest BCUT2D eigenvalue weighted by atomic mass is 35.5. The van der Waals surface area contributed by atoms with Gasteiger partial charge in [-0.25, -0.2) is 4.98 Å². The molecule has 0 saturated carbocycles. The molecule has 160 valence electrons. The van der Waals surface area contributed by atoms with E-state index >= 15 is 0 Å². The third kappa shape index (κ3) is 3.16. The van der Waals surface area contributed by atoms with Crippen LogP contribution in [0, 0.1) is 13.8 Å². The fourth-order valence-electron chi connectivity index (χ4n) is 4.34. The minimum absolute atomic E-state index is 0.647. The van der Waals surface area contributed by atoms with Gasteiger partial charge in [0.25, 0.3) is 0 Å². The quantitative estimate of drug-likeness (QED) is 0.373. The number of nitrogens with zero attached hydrogens (tertiary/aromatic N) is 6. The number of aromatic amines is 1. The minimum Gasteiger partial charge on any atom is -0.327 e. The van der Waals surface area contributed by atoms with E-state index in [0.717, 1.165) is 55.8 Å². The standard InChI is InChI=1S/C25H18ClN7/c1-14-10-16(6-8-27-14)17-11-18(25-29-13-30-32-25)24-22(12-17)33(15(2)31-24)21-7-9-28-20-5-3-4-19(26)23(20)21/h3-13H,1-2H3,(H,29,30,32). The monoisotopic (exact) mass is 451 g/mol. The van der Waals surface area contributed by atoms with E-state index in [-0.39, 0.29) is 0 Å². The topological polar surface area (TPSA) is 85.2 Å². The van der Waals surface area contributed by atoms with E-state index in [1.807, 2.05) is 50.4 Å². The van der Waals surface area contributed by atoms with Crippen LogP contribution in [0.3, 0.4) is 0 Å². The molecule has 0 saturated heterocycles. The molecule has 0 radical (unpaired) electrons. The van der Waals surface area contributed by atoms with Crippen molar-refractivity contribution in [3.8, 4) is 28.2 Å². The summed E-state index contributed by atoms with van der Waals surface area (Å²) in [6.07, 6.45) is 5.19. The van der Waals surface area contributed by atoms with Gasteiger partial charge in [0.05, 0.1) is 21.7 Å². The molecule has 0 aliphatic rings. The zero-order valence-corrected chi connectivity index (χ0v) is 18.7. The first-order valence-electron chi connectivity index (χ1n) is 10.5. The first kappa shape index (κ1) is 19.6. The third-order valence-corrected chi connectivity index (χ3v) is 6.08. The molecule has 0 spiro atoms. The zero-order valence-electron chi connectivity index (χ0n) is 17.9. The van der Waals surface area contributed by atoms with Crippen LogP contribution in [0.2, 0.25) is 5.02 Å². The Morgan fingerprint density at radius 1 is 0.939 bits per heavy atom. The van der Waals surface area contributed by atoms with Crippen LogP contribution in [-0.2, 0) is 0 Å². The first-order valence-corrected chi connectivity index (χ1v) is 10.8. The molecule has 6 rings (SSSR count). The van der Waals surface area contributed by atoms with Gasteiger partial charge in [0, 0.05) is 29.0 Å². The summed E-state index contributed by atoms with van der Waals surface area (Å²) in [4.78, 5) is 16.9. The average Bonchev–Trinajstić information content (AvgIpc) is 3.46. The molecule has 0 bridgehead atoms. The molecule has 0 unspecified atom stereocenters. The van der Waals surface area contributed by atoms with Crippen molar-refractivity contribution in [2.75, 3.05) is 0 Å². The van der Waals surface area contributed by atoms with Crippen LogP contribution in [0.15, 0.2) is 67.3 Å². The molecule has 0 aliphatic carbocycles. The molecule has 0 amide bonds. The van der Waals surface area contributed by atoms with Gasteiger partial charge in [0.15, 0.2) is 5.82 Å². The molecule has 0 aliphatic heterocycles. The Kier molecular flexibility index (Phi) is 4.45. The van der Waals surface area contributed by atoms with Crippen LogP contribution in [0.4, 0.5) is 0 Å². The van der Waals surface area contributed by atoms with Crippen molar-refractivity contribution in [3.63, 3.8) is 0 Å². The third-order valence-electron chi connectivity index (χ3n) is 5.76. The van der Waals surface area contributed by atoms with Crippen LogP contribution in [0.25, 0.3) is 50.1 Å². The molecular weight excluding hydrogens is 434 g/mol. The van der Waals surface area contributed by atoms with E-state index in [4.69, 9.17) is 16.6 Å². The lowest BCUT2D eigenvalue weighted by molar-refractivity contribution is 1.01. The molecule has 6 aromatic rings. The first-order chi connectivity index (χ1) is 16.1. The highest BCUT2D eigenvalue weighted by molar-refractivity contribution is 6.36. The number of rotatable bonds is 3. The number of nitrogens with one attached hydrogen (secondary N) is 1. The van der Waals surface area contributed by atoms with Crippen LogP contribution >= 0.6 is 11.6 Å². The maximum atomic E-state index is 6.64. The Morgan fingerprint density at radius 2 is 1.82 bits per heavy atom. The number of fused-ring (bicyclic) bond motifs is 2. The van der Waals surface area contributed by atoms with E-state index in [1.54, 1.807) is 12.5 Å². The van der Waals surface area contributed by atoms with Gasteiger partial charge >= 0.3 is 0 Å². The van der Waals surface area contributed by atoms with E-state index in [0.29, 0.717) is 10.8 Å². The summed E-state index contributed by atoms with van der Waals surface area (Å²) in [6, 6.07) is 16.0. The Morgan fingerprint density at radius 3 is 2.64 bits per heavy atom. The summed E-state index contributed by atoms with van der Waals surface area (Å²) in [5.41, 5.74) is 7.45. The summed E-state index contributed by atoms with van der Waals surface area (Å²) in [5.74, 6) is 1.50. The smallest absolute Gasteiger partial charge is 0.163 e. The number of hydrogen-bond acceptors (Lipinski definition) is 5. The Labute approximate surface area is 194 Å². The van der Waals surface area contributed by atoms with Crippen molar-refractivity contribution in [1.82, 2.24) is 34.7 Å². The lowest BCUT2D eigenvalue weighted by Gasteiger charge is -2.13. The van der Waals surface area contributed by atoms with E-state index in [2.05, 4.69) is 47.9 Å². The maximum Gasteiger partial charge on any atom is 0.163 e. The van der Waals surface area contributed by atoms with Gasteiger partial charge < -0.3 is 4.98 Å². The fraction of sp³-hybridized carbons (Fsp3) is 0.0800. The van der Waals surface area contributed by atoms with Crippen molar-refractivity contribution < 1.29 is 0 Å². The molecule has 7 nitrogen and oxygen atoms in total. The number of pyridine rings is 2. The van der Waals surface area contributed by atoms with E-state index in [9.17, 15) is 0 Å². The summed E-state index contributed by atoms with van der Waals surface area (Å²) < 4.78 is 2.13. The summed E-state index contributed by atoms with van der Waals surface area (Å²) >= 11 is 6.64. The highest BCUT2D eigenvalue weighted by Crippen LogP contribution is 2.36. The Bertz CT molecular complexity index is 1650. The second-order valence-corrected chi connectivity index (χ2v) is 8.28. The van der Waals surface area contributed by atoms with Gasteiger partial charge in [-0.2, -0.15) is 0 Å². The average molecular weight is 452 g/mol. The second kappa shape index (κ2) is 7.50. The summed E-state index contributed by atoms with van der Waals surface area (Å²) in [6.45, 7) is 3.97. The molecule has 4 aromatic heterocycles. The predicted molar refractivity (Wildman–Crippen MR) is 129 cm³/mol. The molecule has 0 fully saturated rings. The van der Waals surface area contributed by atoms with E-state index < -0.39 is 0 Å². The van der Waals surface area contributed by atoms with Crippen molar-refractivity contribution in [3.05, 3.63) is 83.8 Å². The van der Waals surface area contributed by atoms with Crippen LogP contribution in [0.1, 0.15) is 11.5 Å². The summed E-state index contributed by atoms with van der Waals surface area (Å²) in [5, 5.41) is 9.78. The highest BCUT2D eigenvalue weighted by Gasteiger charge is 2.19. The molecule has 4 heterocycles. The predicted octanol–water partition coefficient (Wildman–Crippen LogP) is 5.69. The Hall–Kier alpha value is -4.10. The number of halogens is 1. The zero-order chi connectivity index (χ0) is 22.5. The lowest BCUT2D eigenvalue weighted by atomic mass is 10.0. The fourth-order valence-corrected chi connectivity index (χ4v) is 4.60. The number of benzene rings is 2. The number of H-pyrrole nitrogens is 1. The van der Waals surface area contributed by atoms with Crippen molar-refractivity contribution in [1.29, 1.82) is 0 Å². The largest absolute Gasteiger partial charge is 0.327 e. The van der Waals surface area contributed by atoms with Crippen molar-refractivity contribution >= 4 is 33.5 Å². The van der Waals surface area contributed by atoms with Crippen molar-refractivity contribution in [2.24, 2.45) is 0 Å². The molecule has 1 N–H and O–H groups in total.